The zero-order valence-corrected chi connectivity index (χ0v) is 10.2. The van der Waals surface area contributed by atoms with Crippen molar-refractivity contribution >= 4 is 0 Å². The molecule has 1 atom stereocenters. The molecule has 90 valence electrons. The van der Waals surface area contributed by atoms with Crippen LogP contribution in [0.1, 0.15) is 39.5 Å². The van der Waals surface area contributed by atoms with Crippen LogP contribution in [-0.4, -0.2) is 48.3 Å². The molecule has 1 aliphatic rings. The Bertz CT molecular complexity index is 162. The SMILES string of the molecule is CC(C)NCCCCN1CCCC1CO. The first-order chi connectivity index (χ1) is 7.24. The largest absolute Gasteiger partial charge is 0.395 e. The van der Waals surface area contributed by atoms with Gasteiger partial charge in [-0.1, -0.05) is 13.8 Å². The Kier molecular flexibility index (Phi) is 6.22. The predicted molar refractivity (Wildman–Crippen MR) is 64.1 cm³/mol. The van der Waals surface area contributed by atoms with Gasteiger partial charge < -0.3 is 10.4 Å². The molecule has 2 N–H and O–H groups in total. The van der Waals surface area contributed by atoms with Gasteiger partial charge in [-0.05, 0) is 45.3 Å². The third-order valence-corrected chi connectivity index (χ3v) is 3.13. The maximum Gasteiger partial charge on any atom is 0.0586 e. The molecule has 1 aliphatic heterocycles. The number of aliphatic hydroxyl groups excluding tert-OH is 1. The van der Waals surface area contributed by atoms with E-state index < -0.39 is 0 Å². The summed E-state index contributed by atoms with van der Waals surface area (Å²) in [5, 5.41) is 12.6. The Hall–Kier alpha value is -0.120. The standard InChI is InChI=1S/C12H26N2O/c1-11(2)13-7-3-4-8-14-9-5-6-12(14)10-15/h11-13,15H,3-10H2,1-2H3. The highest BCUT2D eigenvalue weighted by Crippen LogP contribution is 2.16. The quantitative estimate of drug-likeness (QED) is 0.626. The van der Waals surface area contributed by atoms with Gasteiger partial charge in [0.15, 0.2) is 0 Å². The van der Waals surface area contributed by atoms with Crippen molar-refractivity contribution in [1.82, 2.24) is 10.2 Å². The molecule has 0 bridgehead atoms. The van der Waals surface area contributed by atoms with Gasteiger partial charge in [0.1, 0.15) is 0 Å². The van der Waals surface area contributed by atoms with Crippen LogP contribution in [0.2, 0.25) is 0 Å². The molecule has 0 saturated carbocycles. The second-order valence-corrected chi connectivity index (χ2v) is 4.83. The minimum Gasteiger partial charge on any atom is -0.395 e. The zero-order valence-electron chi connectivity index (χ0n) is 10.2. The summed E-state index contributed by atoms with van der Waals surface area (Å²) < 4.78 is 0. The average molecular weight is 214 g/mol. The first-order valence-electron chi connectivity index (χ1n) is 6.32. The highest BCUT2D eigenvalue weighted by atomic mass is 16.3. The molecule has 0 aromatic carbocycles. The summed E-state index contributed by atoms with van der Waals surface area (Å²) in [4.78, 5) is 2.44. The van der Waals surface area contributed by atoms with Crippen molar-refractivity contribution in [2.45, 2.75) is 51.6 Å². The van der Waals surface area contributed by atoms with Crippen LogP contribution < -0.4 is 5.32 Å². The van der Waals surface area contributed by atoms with Crippen LogP contribution in [0.5, 0.6) is 0 Å². The van der Waals surface area contributed by atoms with Crippen LogP contribution in [0, 0.1) is 0 Å². The van der Waals surface area contributed by atoms with E-state index in [4.69, 9.17) is 5.11 Å². The number of rotatable bonds is 7. The maximum atomic E-state index is 9.16. The predicted octanol–water partition coefficient (Wildman–Crippen LogP) is 1.22. The maximum absolute atomic E-state index is 9.16. The molecule has 0 radical (unpaired) electrons. The second-order valence-electron chi connectivity index (χ2n) is 4.83. The molecular formula is C12H26N2O. The molecule has 3 heteroatoms. The van der Waals surface area contributed by atoms with Crippen molar-refractivity contribution in [1.29, 1.82) is 0 Å². The fraction of sp³-hybridized carbons (Fsp3) is 1.00. The van der Waals surface area contributed by atoms with E-state index in [1.807, 2.05) is 0 Å². The van der Waals surface area contributed by atoms with Crippen LogP contribution in [0.3, 0.4) is 0 Å². The smallest absolute Gasteiger partial charge is 0.0586 e. The Labute approximate surface area is 93.9 Å². The van der Waals surface area contributed by atoms with Crippen molar-refractivity contribution in [2.24, 2.45) is 0 Å². The molecular weight excluding hydrogens is 188 g/mol. The molecule has 0 amide bonds. The Morgan fingerprint density at radius 1 is 1.40 bits per heavy atom. The molecule has 0 spiro atoms. The van der Waals surface area contributed by atoms with Gasteiger partial charge in [-0.2, -0.15) is 0 Å². The van der Waals surface area contributed by atoms with Crippen LogP contribution in [0.25, 0.3) is 0 Å². The molecule has 0 aromatic rings. The minimum absolute atomic E-state index is 0.338. The third-order valence-electron chi connectivity index (χ3n) is 3.13. The molecule has 0 aromatic heterocycles. The Morgan fingerprint density at radius 3 is 2.87 bits per heavy atom. The van der Waals surface area contributed by atoms with Gasteiger partial charge >= 0.3 is 0 Å². The van der Waals surface area contributed by atoms with Gasteiger partial charge in [0.2, 0.25) is 0 Å². The van der Waals surface area contributed by atoms with E-state index >= 15 is 0 Å². The van der Waals surface area contributed by atoms with E-state index in [-0.39, 0.29) is 0 Å². The highest BCUT2D eigenvalue weighted by molar-refractivity contribution is 4.78. The summed E-state index contributed by atoms with van der Waals surface area (Å²) in [6, 6.07) is 1.05. The summed E-state index contributed by atoms with van der Waals surface area (Å²) >= 11 is 0. The fourth-order valence-electron chi connectivity index (χ4n) is 2.23. The molecule has 15 heavy (non-hydrogen) atoms. The zero-order chi connectivity index (χ0) is 11.1. The summed E-state index contributed by atoms with van der Waals surface area (Å²) in [6.45, 7) is 8.16. The summed E-state index contributed by atoms with van der Waals surface area (Å²) in [6.07, 6.45) is 4.93. The first kappa shape index (κ1) is 12.9. The van der Waals surface area contributed by atoms with Crippen molar-refractivity contribution in [3.63, 3.8) is 0 Å². The lowest BCUT2D eigenvalue weighted by Crippen LogP contribution is -2.33. The lowest BCUT2D eigenvalue weighted by molar-refractivity contribution is 0.157. The molecule has 0 aliphatic carbocycles. The van der Waals surface area contributed by atoms with Crippen LogP contribution in [0.4, 0.5) is 0 Å². The molecule has 1 unspecified atom stereocenters. The summed E-state index contributed by atoms with van der Waals surface area (Å²) in [5.41, 5.74) is 0. The van der Waals surface area contributed by atoms with Crippen LogP contribution >= 0.6 is 0 Å². The number of nitrogens with one attached hydrogen (secondary N) is 1. The number of hydrogen-bond donors (Lipinski definition) is 2. The van der Waals surface area contributed by atoms with Crippen LogP contribution in [-0.2, 0) is 0 Å². The van der Waals surface area contributed by atoms with Gasteiger partial charge in [0, 0.05) is 12.1 Å². The average Bonchev–Trinajstić information content (AvgIpc) is 2.64. The molecule has 1 rings (SSSR count). The van der Waals surface area contributed by atoms with Crippen molar-refractivity contribution in [3.05, 3.63) is 0 Å². The van der Waals surface area contributed by atoms with Crippen molar-refractivity contribution in [2.75, 3.05) is 26.2 Å². The third kappa shape index (κ3) is 4.96. The van der Waals surface area contributed by atoms with E-state index in [0.29, 0.717) is 18.7 Å². The van der Waals surface area contributed by atoms with Crippen molar-refractivity contribution < 1.29 is 5.11 Å². The summed E-state index contributed by atoms with van der Waals surface area (Å²) in [7, 11) is 0. The number of hydrogen-bond acceptors (Lipinski definition) is 3. The van der Waals surface area contributed by atoms with E-state index in [1.54, 1.807) is 0 Å². The fourth-order valence-corrected chi connectivity index (χ4v) is 2.23. The second kappa shape index (κ2) is 7.20. The lowest BCUT2D eigenvalue weighted by Gasteiger charge is -2.22. The van der Waals surface area contributed by atoms with Gasteiger partial charge in [-0.15, -0.1) is 0 Å². The highest BCUT2D eigenvalue weighted by Gasteiger charge is 2.22. The molecule has 1 saturated heterocycles. The monoisotopic (exact) mass is 214 g/mol. The van der Waals surface area contributed by atoms with Crippen LogP contribution in [0.15, 0.2) is 0 Å². The normalized spacial score (nSPS) is 22.8. The minimum atomic E-state index is 0.338. The molecule has 1 heterocycles. The lowest BCUT2D eigenvalue weighted by atomic mass is 10.2. The van der Waals surface area contributed by atoms with E-state index in [0.717, 1.165) is 13.1 Å². The summed E-state index contributed by atoms with van der Waals surface area (Å²) in [5.74, 6) is 0. The van der Waals surface area contributed by atoms with Gasteiger partial charge in [-0.25, -0.2) is 0 Å². The van der Waals surface area contributed by atoms with Gasteiger partial charge in [-0.3, -0.25) is 4.90 Å². The van der Waals surface area contributed by atoms with E-state index in [2.05, 4.69) is 24.1 Å². The van der Waals surface area contributed by atoms with Gasteiger partial charge in [0.05, 0.1) is 6.61 Å². The molecule has 1 fully saturated rings. The number of unbranched alkanes of at least 4 members (excludes halogenated alkanes) is 1. The first-order valence-corrected chi connectivity index (χ1v) is 6.32. The number of likely N-dealkylation sites (tertiary alicyclic amines) is 1. The molecule has 3 nitrogen and oxygen atoms in total. The van der Waals surface area contributed by atoms with Gasteiger partial charge in [0.25, 0.3) is 0 Å². The number of aliphatic hydroxyl groups is 1. The van der Waals surface area contributed by atoms with E-state index in [1.165, 1.54) is 32.2 Å². The number of nitrogens with zero attached hydrogens (tertiary/aromatic N) is 1. The Morgan fingerprint density at radius 2 is 2.20 bits per heavy atom. The topological polar surface area (TPSA) is 35.5 Å². The Balaban J connectivity index is 1.99. The van der Waals surface area contributed by atoms with E-state index in [9.17, 15) is 0 Å². The van der Waals surface area contributed by atoms with Crippen molar-refractivity contribution in [3.8, 4) is 0 Å².